The molecule has 0 N–H and O–H groups in total. The monoisotopic (exact) mass is 295 g/mol. The van der Waals surface area contributed by atoms with E-state index in [9.17, 15) is 4.79 Å². The number of hydrogen-bond acceptors (Lipinski definition) is 3. The van der Waals surface area contributed by atoms with Crippen molar-refractivity contribution >= 4 is 6.03 Å². The quantitative estimate of drug-likeness (QED) is 0.779. The van der Waals surface area contributed by atoms with E-state index in [0.717, 1.165) is 45.6 Å². The molecule has 0 bridgehead atoms. The Morgan fingerprint density at radius 1 is 1.10 bits per heavy atom. The Kier molecular flexibility index (Phi) is 4.41. The predicted molar refractivity (Wildman–Crippen MR) is 82.4 cm³/mol. The highest BCUT2D eigenvalue weighted by molar-refractivity contribution is 5.74. The van der Waals surface area contributed by atoms with Crippen molar-refractivity contribution in [3.8, 4) is 0 Å². The normalized spacial score (nSPS) is 29.5. The van der Waals surface area contributed by atoms with E-state index in [-0.39, 0.29) is 6.03 Å². The molecule has 3 aliphatic rings. The van der Waals surface area contributed by atoms with Crippen molar-refractivity contribution in [2.75, 3.05) is 46.9 Å². The van der Waals surface area contributed by atoms with Crippen molar-refractivity contribution in [1.29, 1.82) is 0 Å². The molecule has 0 radical (unpaired) electrons. The van der Waals surface area contributed by atoms with Gasteiger partial charge in [-0.15, -0.1) is 0 Å². The molecule has 0 saturated carbocycles. The molecule has 0 aromatic carbocycles. The van der Waals surface area contributed by atoms with Crippen molar-refractivity contribution < 1.29 is 9.53 Å². The third-order valence-corrected chi connectivity index (χ3v) is 5.94. The highest BCUT2D eigenvalue weighted by Crippen LogP contribution is 2.40. The van der Waals surface area contributed by atoms with Gasteiger partial charge in [0.15, 0.2) is 0 Å². The van der Waals surface area contributed by atoms with E-state index in [2.05, 4.69) is 16.8 Å². The first-order valence-electron chi connectivity index (χ1n) is 8.42. The molecule has 3 rings (SSSR count). The van der Waals surface area contributed by atoms with Crippen LogP contribution >= 0.6 is 0 Å². The first-order valence-corrected chi connectivity index (χ1v) is 8.42. The third kappa shape index (κ3) is 2.78. The molecule has 1 spiro atoms. The Bertz CT molecular complexity index is 374. The average Bonchev–Trinajstić information content (AvgIpc) is 3.13. The maximum absolute atomic E-state index is 12.5. The minimum absolute atomic E-state index is 0.274. The van der Waals surface area contributed by atoms with Gasteiger partial charge in [0.25, 0.3) is 0 Å². The summed E-state index contributed by atoms with van der Waals surface area (Å²) in [7, 11) is 4.03. The van der Waals surface area contributed by atoms with Gasteiger partial charge in [0, 0.05) is 44.9 Å². The smallest absolute Gasteiger partial charge is 0.319 e. The second kappa shape index (κ2) is 6.13. The fourth-order valence-corrected chi connectivity index (χ4v) is 4.41. The molecule has 5 nitrogen and oxygen atoms in total. The molecule has 3 fully saturated rings. The number of rotatable bonds is 2. The van der Waals surface area contributed by atoms with Crippen LogP contribution in [-0.4, -0.2) is 79.3 Å². The Morgan fingerprint density at radius 3 is 2.33 bits per heavy atom. The van der Waals surface area contributed by atoms with Crippen LogP contribution in [0.5, 0.6) is 0 Å². The van der Waals surface area contributed by atoms with Crippen molar-refractivity contribution in [2.24, 2.45) is 0 Å². The Labute approximate surface area is 128 Å². The summed E-state index contributed by atoms with van der Waals surface area (Å²) in [5, 5.41) is 0. The number of ether oxygens (including phenoxy) is 1. The maximum Gasteiger partial charge on any atom is 0.319 e. The van der Waals surface area contributed by atoms with E-state index < -0.39 is 0 Å². The maximum atomic E-state index is 12.5. The fourth-order valence-electron chi connectivity index (χ4n) is 4.41. The van der Waals surface area contributed by atoms with E-state index >= 15 is 0 Å². The van der Waals surface area contributed by atoms with E-state index in [0.29, 0.717) is 11.6 Å². The number of urea groups is 1. The molecule has 3 aliphatic heterocycles. The van der Waals surface area contributed by atoms with E-state index in [1.54, 1.807) is 7.11 Å². The van der Waals surface area contributed by atoms with Crippen molar-refractivity contribution in [2.45, 2.75) is 50.1 Å². The Hall–Kier alpha value is -0.810. The standard InChI is InChI=1S/C16H29N3O2/c1-17-14(13-21-2)5-6-16(17)7-11-19(12-8-16)15(20)18-9-3-4-10-18/h14H,3-13H2,1-2H3/t14-/m0/s1. The van der Waals surface area contributed by atoms with Gasteiger partial charge >= 0.3 is 6.03 Å². The van der Waals surface area contributed by atoms with Crippen molar-refractivity contribution in [3.63, 3.8) is 0 Å². The minimum atomic E-state index is 0.274. The lowest BCUT2D eigenvalue weighted by Crippen LogP contribution is -2.55. The van der Waals surface area contributed by atoms with Crippen molar-refractivity contribution in [3.05, 3.63) is 0 Å². The molecule has 2 amide bonds. The van der Waals surface area contributed by atoms with Gasteiger partial charge in [0.2, 0.25) is 0 Å². The second-order valence-corrected chi connectivity index (χ2v) is 6.95. The van der Waals surface area contributed by atoms with Gasteiger partial charge < -0.3 is 14.5 Å². The summed E-state index contributed by atoms with van der Waals surface area (Å²) in [5.41, 5.74) is 0.311. The molecule has 0 aliphatic carbocycles. The summed E-state index contributed by atoms with van der Waals surface area (Å²) in [6, 6.07) is 0.826. The zero-order chi connectivity index (χ0) is 14.9. The lowest BCUT2D eigenvalue weighted by atomic mass is 9.85. The fraction of sp³-hybridized carbons (Fsp3) is 0.938. The number of nitrogens with zero attached hydrogens (tertiary/aromatic N) is 3. The van der Waals surface area contributed by atoms with Gasteiger partial charge in [-0.2, -0.15) is 0 Å². The summed E-state index contributed by atoms with van der Waals surface area (Å²) in [5.74, 6) is 0. The van der Waals surface area contributed by atoms with Crippen LogP contribution in [0, 0.1) is 0 Å². The third-order valence-electron chi connectivity index (χ3n) is 5.94. The lowest BCUT2D eigenvalue weighted by molar-refractivity contribution is 0.0344. The SMILES string of the molecule is COC[C@@H]1CCC2(CCN(C(=O)N3CCCC3)CC2)N1C. The van der Waals surface area contributed by atoms with Gasteiger partial charge in [-0.1, -0.05) is 0 Å². The minimum Gasteiger partial charge on any atom is -0.383 e. The molecule has 0 aromatic heterocycles. The van der Waals surface area contributed by atoms with Crippen LogP contribution in [0.25, 0.3) is 0 Å². The van der Waals surface area contributed by atoms with Crippen LogP contribution in [0.3, 0.4) is 0 Å². The topological polar surface area (TPSA) is 36.0 Å². The number of piperidine rings is 1. The number of methoxy groups -OCH3 is 1. The molecule has 3 heterocycles. The molecule has 21 heavy (non-hydrogen) atoms. The van der Waals surface area contributed by atoms with Crippen LogP contribution < -0.4 is 0 Å². The largest absolute Gasteiger partial charge is 0.383 e. The molecule has 3 saturated heterocycles. The van der Waals surface area contributed by atoms with Gasteiger partial charge in [0.05, 0.1) is 6.61 Å². The first-order chi connectivity index (χ1) is 10.2. The molecule has 1 atom stereocenters. The van der Waals surface area contributed by atoms with Crippen LogP contribution in [0.2, 0.25) is 0 Å². The number of carbonyl (C=O) groups is 1. The number of likely N-dealkylation sites (N-methyl/N-ethyl adjacent to an activating group) is 1. The summed E-state index contributed by atoms with van der Waals surface area (Å²) in [6.45, 7) is 4.57. The lowest BCUT2D eigenvalue weighted by Gasteiger charge is -2.45. The van der Waals surface area contributed by atoms with Gasteiger partial charge in [-0.3, -0.25) is 4.90 Å². The van der Waals surface area contributed by atoms with Gasteiger partial charge in [0.1, 0.15) is 0 Å². The molecular formula is C16H29N3O2. The Morgan fingerprint density at radius 2 is 1.71 bits per heavy atom. The summed E-state index contributed by atoms with van der Waals surface area (Å²) in [4.78, 5) is 19.1. The molecule has 5 heteroatoms. The first kappa shape index (κ1) is 15.1. The highest BCUT2D eigenvalue weighted by atomic mass is 16.5. The van der Waals surface area contributed by atoms with Crippen LogP contribution in [0.1, 0.15) is 38.5 Å². The van der Waals surface area contributed by atoms with Crippen LogP contribution in [0.4, 0.5) is 4.79 Å². The zero-order valence-electron chi connectivity index (χ0n) is 13.5. The van der Waals surface area contributed by atoms with Crippen LogP contribution in [-0.2, 0) is 4.74 Å². The van der Waals surface area contributed by atoms with Gasteiger partial charge in [-0.05, 0) is 45.6 Å². The van der Waals surface area contributed by atoms with Crippen molar-refractivity contribution in [1.82, 2.24) is 14.7 Å². The predicted octanol–water partition coefficient (Wildman–Crippen LogP) is 1.78. The highest BCUT2D eigenvalue weighted by Gasteiger charge is 2.46. The summed E-state index contributed by atoms with van der Waals surface area (Å²) >= 11 is 0. The number of carbonyl (C=O) groups excluding carboxylic acids is 1. The Balaban J connectivity index is 1.56. The summed E-state index contributed by atoms with van der Waals surface area (Å²) < 4.78 is 5.34. The molecular weight excluding hydrogens is 266 g/mol. The second-order valence-electron chi connectivity index (χ2n) is 6.95. The van der Waals surface area contributed by atoms with Gasteiger partial charge in [-0.25, -0.2) is 4.79 Å². The average molecular weight is 295 g/mol. The molecule has 120 valence electrons. The van der Waals surface area contributed by atoms with E-state index in [1.807, 2.05) is 4.90 Å². The number of amides is 2. The molecule has 0 aromatic rings. The summed E-state index contributed by atoms with van der Waals surface area (Å²) in [6.07, 6.45) is 7.05. The van der Waals surface area contributed by atoms with E-state index in [1.165, 1.54) is 25.7 Å². The number of likely N-dealkylation sites (tertiary alicyclic amines) is 3. The zero-order valence-corrected chi connectivity index (χ0v) is 13.5. The number of hydrogen-bond donors (Lipinski definition) is 0. The molecule has 0 unspecified atom stereocenters. The van der Waals surface area contributed by atoms with Crippen LogP contribution in [0.15, 0.2) is 0 Å². The van der Waals surface area contributed by atoms with E-state index in [4.69, 9.17) is 4.74 Å².